The lowest BCUT2D eigenvalue weighted by Gasteiger charge is -2.17. The molecule has 2 rings (SSSR count). The van der Waals surface area contributed by atoms with Gasteiger partial charge in [0, 0.05) is 5.69 Å². The molecule has 0 aromatic heterocycles. The molecule has 23 heavy (non-hydrogen) atoms. The van der Waals surface area contributed by atoms with E-state index in [1.807, 2.05) is 75.4 Å². The zero-order valence-electron chi connectivity index (χ0n) is 13.8. The molecule has 2 aromatic carbocycles. The standard InChI is InChI=1S/C19H23NO3/c1-4-18(23-16-8-6-5-7-9-16)19(21)20-15-10-12-17(13-11-15)22-14(2)3/h5-14,18H,4H2,1-3H3,(H,20,21)/t18-/m0/s1. The van der Waals surface area contributed by atoms with Gasteiger partial charge >= 0.3 is 0 Å². The fourth-order valence-corrected chi connectivity index (χ4v) is 2.10. The van der Waals surface area contributed by atoms with Gasteiger partial charge in [-0.15, -0.1) is 0 Å². The molecular formula is C19H23NO3. The van der Waals surface area contributed by atoms with Crippen LogP contribution >= 0.6 is 0 Å². The molecular weight excluding hydrogens is 290 g/mol. The first-order chi connectivity index (χ1) is 11.1. The Labute approximate surface area is 137 Å². The second-order valence-corrected chi connectivity index (χ2v) is 5.51. The largest absolute Gasteiger partial charge is 0.491 e. The van der Waals surface area contributed by atoms with Crippen molar-refractivity contribution in [3.05, 3.63) is 54.6 Å². The Bertz CT molecular complexity index is 608. The van der Waals surface area contributed by atoms with Crippen molar-refractivity contribution in [3.8, 4) is 11.5 Å². The number of ether oxygens (including phenoxy) is 2. The number of hydrogen-bond donors (Lipinski definition) is 1. The Morgan fingerprint density at radius 2 is 1.57 bits per heavy atom. The Kier molecular flexibility index (Phi) is 6.03. The van der Waals surface area contributed by atoms with E-state index in [4.69, 9.17) is 9.47 Å². The zero-order valence-corrected chi connectivity index (χ0v) is 13.8. The third kappa shape index (κ3) is 5.33. The van der Waals surface area contributed by atoms with Crippen LogP contribution in [0, 0.1) is 0 Å². The predicted octanol–water partition coefficient (Wildman–Crippen LogP) is 4.27. The summed E-state index contributed by atoms with van der Waals surface area (Å²) in [6, 6.07) is 16.7. The number of nitrogens with one attached hydrogen (secondary N) is 1. The molecule has 0 heterocycles. The molecule has 0 radical (unpaired) electrons. The number of para-hydroxylation sites is 1. The maximum absolute atomic E-state index is 12.3. The number of rotatable bonds is 7. The predicted molar refractivity (Wildman–Crippen MR) is 92.0 cm³/mol. The fraction of sp³-hybridized carbons (Fsp3) is 0.316. The Balaban J connectivity index is 1.96. The summed E-state index contributed by atoms with van der Waals surface area (Å²) >= 11 is 0. The third-order valence-electron chi connectivity index (χ3n) is 3.18. The minimum atomic E-state index is -0.524. The molecule has 0 unspecified atom stereocenters. The molecule has 4 heteroatoms. The highest BCUT2D eigenvalue weighted by atomic mass is 16.5. The molecule has 1 N–H and O–H groups in total. The number of carbonyl (C=O) groups is 1. The maximum atomic E-state index is 12.3. The molecule has 1 amide bonds. The molecule has 0 saturated heterocycles. The summed E-state index contributed by atoms with van der Waals surface area (Å²) in [5.74, 6) is 1.31. The number of hydrogen-bond acceptors (Lipinski definition) is 3. The maximum Gasteiger partial charge on any atom is 0.265 e. The minimum absolute atomic E-state index is 0.124. The molecule has 0 saturated carbocycles. The second-order valence-electron chi connectivity index (χ2n) is 5.51. The van der Waals surface area contributed by atoms with E-state index in [1.54, 1.807) is 0 Å². The molecule has 0 spiro atoms. The van der Waals surface area contributed by atoms with Gasteiger partial charge < -0.3 is 14.8 Å². The van der Waals surface area contributed by atoms with E-state index < -0.39 is 6.10 Å². The summed E-state index contributed by atoms with van der Waals surface area (Å²) in [6.07, 6.45) is 0.193. The lowest BCUT2D eigenvalue weighted by molar-refractivity contribution is -0.122. The van der Waals surface area contributed by atoms with Crippen LogP contribution < -0.4 is 14.8 Å². The summed E-state index contributed by atoms with van der Waals surface area (Å²) in [7, 11) is 0. The molecule has 4 nitrogen and oxygen atoms in total. The molecule has 0 aliphatic rings. The van der Waals surface area contributed by atoms with Crippen molar-refractivity contribution in [2.24, 2.45) is 0 Å². The minimum Gasteiger partial charge on any atom is -0.491 e. The normalized spacial score (nSPS) is 11.8. The summed E-state index contributed by atoms with van der Waals surface area (Å²) in [5, 5.41) is 2.87. The van der Waals surface area contributed by atoms with Crippen molar-refractivity contribution in [1.29, 1.82) is 0 Å². The zero-order chi connectivity index (χ0) is 16.7. The summed E-state index contributed by atoms with van der Waals surface area (Å²) in [6.45, 7) is 5.87. The Morgan fingerprint density at radius 3 is 2.13 bits per heavy atom. The molecule has 0 bridgehead atoms. The SMILES string of the molecule is CC[C@H](Oc1ccccc1)C(=O)Nc1ccc(OC(C)C)cc1. The van der Waals surface area contributed by atoms with Gasteiger partial charge in [0.05, 0.1) is 6.10 Å². The number of anilines is 1. The van der Waals surface area contributed by atoms with Crippen molar-refractivity contribution >= 4 is 11.6 Å². The quantitative estimate of drug-likeness (QED) is 0.830. The van der Waals surface area contributed by atoms with Gasteiger partial charge in [0.2, 0.25) is 0 Å². The van der Waals surface area contributed by atoms with Gasteiger partial charge in [-0.2, -0.15) is 0 Å². The topological polar surface area (TPSA) is 47.6 Å². The summed E-state index contributed by atoms with van der Waals surface area (Å²) in [5.41, 5.74) is 0.723. The first-order valence-electron chi connectivity index (χ1n) is 7.87. The van der Waals surface area contributed by atoms with Crippen LogP contribution in [0.3, 0.4) is 0 Å². The van der Waals surface area contributed by atoms with Gasteiger partial charge in [0.15, 0.2) is 6.10 Å². The number of benzene rings is 2. The average molecular weight is 313 g/mol. The van der Waals surface area contributed by atoms with E-state index >= 15 is 0 Å². The lowest BCUT2D eigenvalue weighted by atomic mass is 10.2. The van der Waals surface area contributed by atoms with Gasteiger partial charge in [-0.1, -0.05) is 25.1 Å². The van der Waals surface area contributed by atoms with E-state index in [1.165, 1.54) is 0 Å². The van der Waals surface area contributed by atoms with Gasteiger partial charge in [-0.05, 0) is 56.7 Å². The highest BCUT2D eigenvalue weighted by Crippen LogP contribution is 2.18. The van der Waals surface area contributed by atoms with Crippen LogP contribution in [0.2, 0.25) is 0 Å². The van der Waals surface area contributed by atoms with Crippen molar-refractivity contribution in [2.75, 3.05) is 5.32 Å². The molecule has 1 atom stereocenters. The van der Waals surface area contributed by atoms with Gasteiger partial charge in [0.25, 0.3) is 5.91 Å². The van der Waals surface area contributed by atoms with Crippen LogP contribution in [0.5, 0.6) is 11.5 Å². The van der Waals surface area contributed by atoms with E-state index in [2.05, 4.69) is 5.32 Å². The Hall–Kier alpha value is -2.49. The van der Waals surface area contributed by atoms with E-state index in [9.17, 15) is 4.79 Å². The van der Waals surface area contributed by atoms with Gasteiger partial charge in [-0.25, -0.2) is 0 Å². The van der Waals surface area contributed by atoms with Crippen LogP contribution in [0.25, 0.3) is 0 Å². The first kappa shape index (κ1) is 16.9. The lowest BCUT2D eigenvalue weighted by Crippen LogP contribution is -2.32. The van der Waals surface area contributed by atoms with Crippen LogP contribution in [-0.4, -0.2) is 18.1 Å². The average Bonchev–Trinajstić information content (AvgIpc) is 2.55. The van der Waals surface area contributed by atoms with Crippen molar-refractivity contribution in [1.82, 2.24) is 0 Å². The van der Waals surface area contributed by atoms with E-state index in [-0.39, 0.29) is 12.0 Å². The second kappa shape index (κ2) is 8.22. The first-order valence-corrected chi connectivity index (χ1v) is 7.87. The van der Waals surface area contributed by atoms with Crippen LogP contribution in [0.1, 0.15) is 27.2 Å². The molecule has 2 aromatic rings. The smallest absolute Gasteiger partial charge is 0.265 e. The monoisotopic (exact) mass is 313 g/mol. The van der Waals surface area contributed by atoms with Crippen LogP contribution in [0.4, 0.5) is 5.69 Å². The van der Waals surface area contributed by atoms with Crippen LogP contribution in [-0.2, 0) is 4.79 Å². The molecule has 0 fully saturated rings. The summed E-state index contributed by atoms with van der Waals surface area (Å²) in [4.78, 5) is 12.3. The van der Waals surface area contributed by atoms with E-state index in [0.717, 1.165) is 11.4 Å². The third-order valence-corrected chi connectivity index (χ3v) is 3.18. The van der Waals surface area contributed by atoms with Crippen LogP contribution in [0.15, 0.2) is 54.6 Å². The molecule has 0 aliphatic carbocycles. The van der Waals surface area contributed by atoms with Gasteiger partial charge in [0.1, 0.15) is 11.5 Å². The van der Waals surface area contributed by atoms with E-state index in [0.29, 0.717) is 12.2 Å². The Morgan fingerprint density at radius 1 is 0.957 bits per heavy atom. The van der Waals surface area contributed by atoms with Crippen molar-refractivity contribution in [2.45, 2.75) is 39.4 Å². The summed E-state index contributed by atoms with van der Waals surface area (Å²) < 4.78 is 11.3. The van der Waals surface area contributed by atoms with Crippen molar-refractivity contribution < 1.29 is 14.3 Å². The molecule has 122 valence electrons. The highest BCUT2D eigenvalue weighted by molar-refractivity contribution is 5.94. The fourth-order valence-electron chi connectivity index (χ4n) is 2.10. The van der Waals surface area contributed by atoms with Crippen molar-refractivity contribution in [3.63, 3.8) is 0 Å². The number of amides is 1. The molecule has 0 aliphatic heterocycles. The highest BCUT2D eigenvalue weighted by Gasteiger charge is 2.18. The number of carbonyl (C=O) groups excluding carboxylic acids is 1. The van der Waals surface area contributed by atoms with Gasteiger partial charge in [-0.3, -0.25) is 4.79 Å².